The lowest BCUT2D eigenvalue weighted by atomic mass is 10.1. The van der Waals surface area contributed by atoms with Gasteiger partial charge in [-0.25, -0.2) is 9.50 Å². The molecule has 0 aliphatic heterocycles. The summed E-state index contributed by atoms with van der Waals surface area (Å²) < 4.78 is 7.05. The zero-order chi connectivity index (χ0) is 17.4. The standard InChI is InChI=1S/C19H19N5O/c1-12-10-13(2)24-19(20-12)22-18(23-24)9-6-15-5-4-14-11-16(25-3)7-8-17(14)21-15/h4-5,7-8,10-11H,6,9H2,1-3H3. The van der Waals surface area contributed by atoms with E-state index < -0.39 is 0 Å². The highest BCUT2D eigenvalue weighted by Crippen LogP contribution is 2.20. The molecule has 0 aliphatic rings. The first-order chi connectivity index (χ1) is 12.1. The fraction of sp³-hybridized carbons (Fsp3) is 0.263. The number of benzene rings is 1. The zero-order valence-electron chi connectivity index (χ0n) is 14.5. The Labute approximate surface area is 145 Å². The van der Waals surface area contributed by atoms with Gasteiger partial charge in [-0.2, -0.15) is 4.98 Å². The summed E-state index contributed by atoms with van der Waals surface area (Å²) in [5, 5.41) is 5.63. The summed E-state index contributed by atoms with van der Waals surface area (Å²) in [5.41, 5.74) is 3.99. The smallest absolute Gasteiger partial charge is 0.252 e. The van der Waals surface area contributed by atoms with Crippen LogP contribution in [-0.2, 0) is 12.8 Å². The quantitative estimate of drug-likeness (QED) is 0.574. The summed E-state index contributed by atoms with van der Waals surface area (Å²) in [6, 6.07) is 12.0. The van der Waals surface area contributed by atoms with E-state index in [1.807, 2.05) is 44.2 Å². The monoisotopic (exact) mass is 333 g/mol. The molecule has 0 aliphatic carbocycles. The number of hydrogen-bond acceptors (Lipinski definition) is 5. The lowest BCUT2D eigenvalue weighted by Gasteiger charge is -2.04. The second kappa shape index (κ2) is 6.12. The van der Waals surface area contributed by atoms with Crippen molar-refractivity contribution in [1.29, 1.82) is 0 Å². The average Bonchev–Trinajstić information content (AvgIpc) is 3.02. The number of hydrogen-bond donors (Lipinski definition) is 0. The van der Waals surface area contributed by atoms with Crippen molar-refractivity contribution in [2.75, 3.05) is 7.11 Å². The Morgan fingerprint density at radius 1 is 0.960 bits per heavy atom. The Bertz CT molecular complexity index is 1070. The van der Waals surface area contributed by atoms with Crippen molar-refractivity contribution in [3.63, 3.8) is 0 Å². The Hall–Kier alpha value is -3.02. The number of aromatic nitrogens is 5. The molecule has 0 N–H and O–H groups in total. The molecule has 3 heterocycles. The molecular weight excluding hydrogens is 314 g/mol. The van der Waals surface area contributed by atoms with Gasteiger partial charge in [0.25, 0.3) is 5.78 Å². The van der Waals surface area contributed by atoms with Crippen LogP contribution in [-0.4, -0.2) is 31.7 Å². The van der Waals surface area contributed by atoms with Crippen molar-refractivity contribution in [1.82, 2.24) is 24.6 Å². The van der Waals surface area contributed by atoms with E-state index in [1.165, 1.54) is 0 Å². The Kier molecular flexibility index (Phi) is 3.80. The van der Waals surface area contributed by atoms with Crippen molar-refractivity contribution < 1.29 is 4.74 Å². The summed E-state index contributed by atoms with van der Waals surface area (Å²) in [4.78, 5) is 13.7. The van der Waals surface area contributed by atoms with E-state index in [0.29, 0.717) is 5.78 Å². The predicted octanol–water partition coefficient (Wildman–Crippen LogP) is 3.08. The molecule has 3 aromatic heterocycles. The average molecular weight is 333 g/mol. The molecule has 6 heteroatoms. The summed E-state index contributed by atoms with van der Waals surface area (Å²) in [5.74, 6) is 2.29. The molecule has 0 radical (unpaired) electrons. The van der Waals surface area contributed by atoms with Crippen LogP contribution in [0.15, 0.2) is 36.4 Å². The molecule has 6 nitrogen and oxygen atoms in total. The van der Waals surface area contributed by atoms with Gasteiger partial charge in [-0.05, 0) is 50.6 Å². The van der Waals surface area contributed by atoms with Gasteiger partial charge in [-0.3, -0.25) is 4.98 Å². The van der Waals surface area contributed by atoms with Crippen LogP contribution in [0.1, 0.15) is 22.9 Å². The normalized spacial score (nSPS) is 11.3. The van der Waals surface area contributed by atoms with Gasteiger partial charge in [0.1, 0.15) is 5.75 Å². The van der Waals surface area contributed by atoms with Gasteiger partial charge >= 0.3 is 0 Å². The minimum absolute atomic E-state index is 0.658. The van der Waals surface area contributed by atoms with Crippen molar-refractivity contribution in [3.05, 3.63) is 59.3 Å². The number of nitrogens with zero attached hydrogens (tertiary/aromatic N) is 5. The number of methoxy groups -OCH3 is 1. The Balaban J connectivity index is 1.56. The molecule has 25 heavy (non-hydrogen) atoms. The first-order valence-electron chi connectivity index (χ1n) is 8.26. The summed E-state index contributed by atoms with van der Waals surface area (Å²) >= 11 is 0. The topological polar surface area (TPSA) is 65.2 Å². The maximum atomic E-state index is 5.25. The second-order valence-electron chi connectivity index (χ2n) is 6.14. The van der Waals surface area contributed by atoms with Crippen LogP contribution in [0.2, 0.25) is 0 Å². The fourth-order valence-electron chi connectivity index (χ4n) is 2.97. The number of aryl methyl sites for hydroxylation is 4. The van der Waals surface area contributed by atoms with Crippen LogP contribution in [0.25, 0.3) is 16.7 Å². The number of fused-ring (bicyclic) bond motifs is 2. The minimum Gasteiger partial charge on any atom is -0.497 e. The van der Waals surface area contributed by atoms with Gasteiger partial charge in [-0.15, -0.1) is 5.10 Å². The molecule has 4 aromatic rings. The van der Waals surface area contributed by atoms with Crippen LogP contribution < -0.4 is 4.74 Å². The van der Waals surface area contributed by atoms with Gasteiger partial charge in [0.2, 0.25) is 0 Å². The van der Waals surface area contributed by atoms with E-state index in [0.717, 1.165) is 52.4 Å². The van der Waals surface area contributed by atoms with E-state index in [4.69, 9.17) is 9.72 Å². The summed E-state index contributed by atoms with van der Waals surface area (Å²) in [6.07, 6.45) is 1.52. The van der Waals surface area contributed by atoms with Crippen LogP contribution in [0, 0.1) is 13.8 Å². The number of rotatable bonds is 4. The van der Waals surface area contributed by atoms with Crippen molar-refractivity contribution in [2.45, 2.75) is 26.7 Å². The van der Waals surface area contributed by atoms with Crippen LogP contribution in [0.4, 0.5) is 0 Å². The lowest BCUT2D eigenvalue weighted by molar-refractivity contribution is 0.415. The molecule has 0 fully saturated rings. The van der Waals surface area contributed by atoms with E-state index >= 15 is 0 Å². The number of ether oxygens (including phenoxy) is 1. The zero-order valence-corrected chi connectivity index (χ0v) is 14.5. The van der Waals surface area contributed by atoms with Crippen LogP contribution >= 0.6 is 0 Å². The van der Waals surface area contributed by atoms with Gasteiger partial charge < -0.3 is 4.74 Å². The van der Waals surface area contributed by atoms with Gasteiger partial charge in [0, 0.05) is 28.9 Å². The van der Waals surface area contributed by atoms with Crippen LogP contribution in [0.5, 0.6) is 5.75 Å². The molecule has 0 spiro atoms. The van der Waals surface area contributed by atoms with Gasteiger partial charge in [-0.1, -0.05) is 6.07 Å². The molecular formula is C19H19N5O. The SMILES string of the molecule is COc1ccc2nc(CCc3nc4nc(C)cc(C)n4n3)ccc2c1. The molecule has 0 saturated carbocycles. The largest absolute Gasteiger partial charge is 0.497 e. The van der Waals surface area contributed by atoms with E-state index in [-0.39, 0.29) is 0 Å². The van der Waals surface area contributed by atoms with E-state index in [9.17, 15) is 0 Å². The predicted molar refractivity (Wildman–Crippen MR) is 96.0 cm³/mol. The first-order valence-corrected chi connectivity index (χ1v) is 8.26. The third-order valence-corrected chi connectivity index (χ3v) is 4.22. The van der Waals surface area contributed by atoms with Gasteiger partial charge in [0.15, 0.2) is 5.82 Å². The Morgan fingerprint density at radius 3 is 2.68 bits per heavy atom. The van der Waals surface area contributed by atoms with Crippen molar-refractivity contribution >= 4 is 16.7 Å². The molecule has 126 valence electrons. The highest BCUT2D eigenvalue weighted by Gasteiger charge is 2.08. The Morgan fingerprint density at radius 2 is 1.84 bits per heavy atom. The maximum Gasteiger partial charge on any atom is 0.252 e. The molecule has 0 amide bonds. The third kappa shape index (κ3) is 3.03. The first kappa shape index (κ1) is 15.5. The van der Waals surface area contributed by atoms with Gasteiger partial charge in [0.05, 0.1) is 12.6 Å². The fourth-order valence-corrected chi connectivity index (χ4v) is 2.97. The lowest BCUT2D eigenvalue weighted by Crippen LogP contribution is -1.99. The molecule has 1 aromatic carbocycles. The van der Waals surface area contributed by atoms with E-state index in [1.54, 1.807) is 11.6 Å². The molecule has 0 bridgehead atoms. The molecule has 0 atom stereocenters. The molecule has 4 rings (SSSR count). The minimum atomic E-state index is 0.658. The summed E-state index contributed by atoms with van der Waals surface area (Å²) in [7, 11) is 1.67. The highest BCUT2D eigenvalue weighted by molar-refractivity contribution is 5.80. The number of pyridine rings is 1. The van der Waals surface area contributed by atoms with Crippen LogP contribution in [0.3, 0.4) is 0 Å². The summed E-state index contributed by atoms with van der Waals surface area (Å²) in [6.45, 7) is 3.98. The van der Waals surface area contributed by atoms with E-state index in [2.05, 4.69) is 21.1 Å². The molecule has 0 saturated heterocycles. The van der Waals surface area contributed by atoms with Crippen molar-refractivity contribution in [3.8, 4) is 5.75 Å². The highest BCUT2D eigenvalue weighted by atomic mass is 16.5. The third-order valence-electron chi connectivity index (χ3n) is 4.22. The maximum absolute atomic E-state index is 5.25. The van der Waals surface area contributed by atoms with Crippen molar-refractivity contribution in [2.24, 2.45) is 0 Å². The molecule has 0 unspecified atom stereocenters. The second-order valence-corrected chi connectivity index (χ2v) is 6.14.